The average molecular weight is 270 g/mol. The maximum atomic E-state index is 10.4. The highest BCUT2D eigenvalue weighted by Gasteiger charge is 2.25. The number of hydrogen-bond donors (Lipinski definition) is 1. The largest absolute Gasteiger partial charge is 0.480 e. The summed E-state index contributed by atoms with van der Waals surface area (Å²) in [6, 6.07) is 0.338. The summed E-state index contributed by atoms with van der Waals surface area (Å²) >= 11 is 1.68. The fourth-order valence-electron chi connectivity index (χ4n) is 2.22. The predicted octanol–water partition coefficient (Wildman–Crippen LogP) is 1.77. The monoisotopic (exact) mass is 270 g/mol. The van der Waals surface area contributed by atoms with Crippen LogP contribution in [0.15, 0.2) is 11.6 Å². The Bertz CT molecular complexity index is 375. The van der Waals surface area contributed by atoms with E-state index in [-0.39, 0.29) is 12.7 Å². The number of aliphatic carboxylic acids is 1. The Morgan fingerprint density at radius 1 is 1.67 bits per heavy atom. The molecule has 5 nitrogen and oxygen atoms in total. The van der Waals surface area contributed by atoms with E-state index in [1.165, 1.54) is 0 Å². The van der Waals surface area contributed by atoms with Gasteiger partial charge in [-0.3, -0.25) is 4.90 Å². The maximum Gasteiger partial charge on any atom is 0.329 e. The minimum absolute atomic E-state index is 0.0841. The third kappa shape index (κ3) is 3.51. The molecule has 6 heteroatoms. The lowest BCUT2D eigenvalue weighted by atomic mass is 10.1. The molecule has 0 radical (unpaired) electrons. The van der Waals surface area contributed by atoms with Gasteiger partial charge >= 0.3 is 5.97 Å². The first-order chi connectivity index (χ1) is 8.66. The van der Waals surface area contributed by atoms with Gasteiger partial charge in [0.15, 0.2) is 0 Å². The van der Waals surface area contributed by atoms with Gasteiger partial charge in [0.05, 0.1) is 12.1 Å². The van der Waals surface area contributed by atoms with E-state index in [1.54, 1.807) is 11.3 Å². The van der Waals surface area contributed by atoms with Gasteiger partial charge in [-0.2, -0.15) is 0 Å². The number of thiazole rings is 1. The Morgan fingerprint density at radius 3 is 2.94 bits per heavy atom. The third-order valence-corrected chi connectivity index (χ3v) is 4.22. The van der Waals surface area contributed by atoms with Crippen LogP contribution in [0, 0.1) is 0 Å². The van der Waals surface area contributed by atoms with Crippen molar-refractivity contribution < 1.29 is 14.6 Å². The number of aromatic nitrogens is 1. The number of hydrogen-bond acceptors (Lipinski definition) is 5. The summed E-state index contributed by atoms with van der Waals surface area (Å²) in [7, 11) is 0. The second-order valence-corrected chi connectivity index (χ2v) is 5.41. The van der Waals surface area contributed by atoms with Gasteiger partial charge in [-0.05, 0) is 19.8 Å². The molecule has 1 unspecified atom stereocenters. The molecule has 0 aliphatic carbocycles. The van der Waals surface area contributed by atoms with Crippen molar-refractivity contribution in [3.8, 4) is 0 Å². The normalized spacial score (nSPS) is 19.8. The molecule has 0 saturated carbocycles. The lowest BCUT2D eigenvalue weighted by Gasteiger charge is -2.34. The summed E-state index contributed by atoms with van der Waals surface area (Å²) < 4.78 is 5.32. The van der Waals surface area contributed by atoms with Gasteiger partial charge in [0.1, 0.15) is 11.6 Å². The van der Waals surface area contributed by atoms with Crippen molar-refractivity contribution in [1.82, 2.24) is 9.88 Å². The van der Waals surface area contributed by atoms with Crippen LogP contribution in [0.25, 0.3) is 0 Å². The molecule has 1 fully saturated rings. The van der Waals surface area contributed by atoms with Gasteiger partial charge in [-0.25, -0.2) is 9.78 Å². The molecule has 1 aromatic rings. The fourth-order valence-corrected chi connectivity index (χ4v) is 2.94. The summed E-state index contributed by atoms with van der Waals surface area (Å²) in [5.74, 6) is -0.895. The van der Waals surface area contributed by atoms with Gasteiger partial charge in [0.2, 0.25) is 0 Å². The Balaban J connectivity index is 1.78. The van der Waals surface area contributed by atoms with Crippen LogP contribution in [0.2, 0.25) is 0 Å². The van der Waals surface area contributed by atoms with Crippen molar-refractivity contribution in [1.29, 1.82) is 0 Å². The van der Waals surface area contributed by atoms with Crippen molar-refractivity contribution in [2.75, 3.05) is 19.7 Å². The molecule has 1 atom stereocenters. The zero-order chi connectivity index (χ0) is 13.0. The highest BCUT2D eigenvalue weighted by molar-refractivity contribution is 7.09. The molecule has 1 aliphatic heterocycles. The summed E-state index contributed by atoms with van der Waals surface area (Å²) in [6.07, 6.45) is 3.70. The number of carboxylic acid groups (broad SMARTS) is 1. The number of rotatable bonds is 5. The Kier molecular flexibility index (Phi) is 4.68. The molecule has 1 saturated heterocycles. The lowest BCUT2D eigenvalue weighted by molar-refractivity contribution is -0.145. The minimum Gasteiger partial charge on any atom is -0.480 e. The van der Waals surface area contributed by atoms with E-state index in [1.807, 2.05) is 11.6 Å². The number of likely N-dealkylation sites (tertiary alicyclic amines) is 1. The molecular weight excluding hydrogens is 252 g/mol. The molecule has 1 aliphatic rings. The molecule has 2 rings (SSSR count). The van der Waals surface area contributed by atoms with E-state index < -0.39 is 5.97 Å². The zero-order valence-electron chi connectivity index (χ0n) is 10.4. The second-order valence-electron chi connectivity index (χ2n) is 4.49. The summed E-state index contributed by atoms with van der Waals surface area (Å²) in [4.78, 5) is 17.1. The standard InChI is InChI=1S/C12H18N2O3S/c1-9(12-13-4-7-18-12)14-5-2-10(3-6-14)17-8-11(15)16/h4,7,9-10H,2-3,5-6,8H2,1H3,(H,15,16). The Labute approximate surface area is 110 Å². The van der Waals surface area contributed by atoms with Crippen LogP contribution in [-0.4, -0.2) is 46.8 Å². The molecule has 0 aromatic carbocycles. The molecule has 0 amide bonds. The maximum absolute atomic E-state index is 10.4. The molecule has 0 spiro atoms. The smallest absolute Gasteiger partial charge is 0.329 e. The van der Waals surface area contributed by atoms with Crippen molar-refractivity contribution in [2.24, 2.45) is 0 Å². The Hall–Kier alpha value is -0.980. The van der Waals surface area contributed by atoms with E-state index in [0.717, 1.165) is 30.9 Å². The van der Waals surface area contributed by atoms with Gasteiger partial charge in [-0.1, -0.05) is 0 Å². The predicted molar refractivity (Wildman–Crippen MR) is 68.7 cm³/mol. The fraction of sp³-hybridized carbons (Fsp3) is 0.667. The molecule has 100 valence electrons. The Morgan fingerprint density at radius 2 is 2.39 bits per heavy atom. The van der Waals surface area contributed by atoms with Crippen LogP contribution in [0.3, 0.4) is 0 Å². The number of ether oxygens (including phenoxy) is 1. The van der Waals surface area contributed by atoms with Crippen molar-refractivity contribution >= 4 is 17.3 Å². The topological polar surface area (TPSA) is 62.7 Å². The van der Waals surface area contributed by atoms with E-state index in [2.05, 4.69) is 16.8 Å². The van der Waals surface area contributed by atoms with Gasteiger partial charge in [0, 0.05) is 24.7 Å². The third-order valence-electron chi connectivity index (χ3n) is 3.28. The van der Waals surface area contributed by atoms with Crippen LogP contribution in [-0.2, 0) is 9.53 Å². The van der Waals surface area contributed by atoms with Gasteiger partial charge in [0.25, 0.3) is 0 Å². The highest BCUT2D eigenvalue weighted by Crippen LogP contribution is 2.26. The van der Waals surface area contributed by atoms with E-state index in [4.69, 9.17) is 9.84 Å². The number of nitrogens with zero attached hydrogens (tertiary/aromatic N) is 2. The van der Waals surface area contributed by atoms with Crippen molar-refractivity contribution in [3.05, 3.63) is 16.6 Å². The summed E-state index contributed by atoms with van der Waals surface area (Å²) in [6.45, 7) is 3.85. The van der Waals surface area contributed by atoms with Crippen molar-refractivity contribution in [2.45, 2.75) is 31.9 Å². The highest BCUT2D eigenvalue weighted by atomic mass is 32.1. The number of piperidine rings is 1. The number of carbonyl (C=O) groups is 1. The summed E-state index contributed by atoms with van der Waals surface area (Å²) in [5, 5.41) is 11.7. The van der Waals surface area contributed by atoms with E-state index in [9.17, 15) is 4.79 Å². The van der Waals surface area contributed by atoms with E-state index in [0.29, 0.717) is 6.04 Å². The van der Waals surface area contributed by atoms with Crippen LogP contribution in [0.5, 0.6) is 0 Å². The van der Waals surface area contributed by atoms with E-state index >= 15 is 0 Å². The second kappa shape index (κ2) is 6.26. The van der Waals surface area contributed by atoms with Crippen molar-refractivity contribution in [3.63, 3.8) is 0 Å². The molecule has 18 heavy (non-hydrogen) atoms. The molecule has 2 heterocycles. The average Bonchev–Trinajstić information content (AvgIpc) is 2.90. The SMILES string of the molecule is CC(c1nccs1)N1CCC(OCC(=O)O)CC1. The van der Waals surface area contributed by atoms with Crippen LogP contribution < -0.4 is 0 Å². The van der Waals surface area contributed by atoms with Crippen LogP contribution in [0.4, 0.5) is 0 Å². The first kappa shape index (κ1) is 13.5. The zero-order valence-corrected chi connectivity index (χ0v) is 11.2. The molecule has 1 N–H and O–H groups in total. The van der Waals surface area contributed by atoms with Crippen LogP contribution in [0.1, 0.15) is 30.8 Å². The van der Waals surface area contributed by atoms with Gasteiger partial charge in [-0.15, -0.1) is 11.3 Å². The number of carboxylic acids is 1. The lowest BCUT2D eigenvalue weighted by Crippen LogP contribution is -2.39. The molecule has 0 bridgehead atoms. The first-order valence-corrected chi connectivity index (χ1v) is 7.01. The first-order valence-electron chi connectivity index (χ1n) is 6.13. The quantitative estimate of drug-likeness (QED) is 0.883. The molecule has 1 aromatic heterocycles. The van der Waals surface area contributed by atoms with Gasteiger partial charge < -0.3 is 9.84 Å². The minimum atomic E-state index is -0.895. The molecular formula is C12H18N2O3S. The summed E-state index contributed by atoms with van der Waals surface area (Å²) in [5.41, 5.74) is 0. The van der Waals surface area contributed by atoms with Crippen LogP contribution >= 0.6 is 11.3 Å².